The zero-order valence-corrected chi connectivity index (χ0v) is 12.5. The zero-order chi connectivity index (χ0) is 14.8. The highest BCUT2D eigenvalue weighted by Crippen LogP contribution is 2.28. The summed E-state index contributed by atoms with van der Waals surface area (Å²) in [7, 11) is 1.62. The number of nitrogens with zero attached hydrogens (tertiary/aromatic N) is 1. The first-order valence-electron chi connectivity index (χ1n) is 6.09. The van der Waals surface area contributed by atoms with Crippen molar-refractivity contribution >= 4 is 17.6 Å². The van der Waals surface area contributed by atoms with Crippen LogP contribution >= 0.6 is 11.8 Å². The van der Waals surface area contributed by atoms with E-state index in [2.05, 4.69) is 5.16 Å². The Bertz CT molecular complexity index is 440. The molecule has 0 aromatic heterocycles. The van der Waals surface area contributed by atoms with Gasteiger partial charge in [-0.05, 0) is 18.4 Å². The van der Waals surface area contributed by atoms with E-state index < -0.39 is 0 Å². The van der Waals surface area contributed by atoms with Gasteiger partial charge >= 0.3 is 0 Å². The van der Waals surface area contributed by atoms with Gasteiger partial charge in [0.15, 0.2) is 5.84 Å². The van der Waals surface area contributed by atoms with Gasteiger partial charge in [-0.15, -0.1) is 11.8 Å². The van der Waals surface area contributed by atoms with Gasteiger partial charge in [0, 0.05) is 12.0 Å². The fourth-order valence-electron chi connectivity index (χ4n) is 1.56. The molecule has 0 spiro atoms. The maximum absolute atomic E-state index is 8.86. The third-order valence-electron chi connectivity index (χ3n) is 2.49. The van der Waals surface area contributed by atoms with Gasteiger partial charge in [-0.3, -0.25) is 0 Å². The molecule has 7 heteroatoms. The number of oxime groups is 1. The molecular weight excluding hydrogens is 280 g/mol. The molecule has 0 bridgehead atoms. The van der Waals surface area contributed by atoms with Crippen LogP contribution in [-0.2, 0) is 9.47 Å². The Balaban J connectivity index is 2.65. The number of ether oxygens (including phenoxy) is 3. The lowest BCUT2D eigenvalue weighted by Crippen LogP contribution is -2.17. The highest BCUT2D eigenvalue weighted by molar-refractivity contribution is 7.98. The highest BCUT2D eigenvalue weighted by atomic mass is 32.2. The number of amidine groups is 1. The summed E-state index contributed by atoms with van der Waals surface area (Å²) in [4.78, 5) is 0.887. The number of benzene rings is 1. The minimum absolute atomic E-state index is 0.0326. The summed E-state index contributed by atoms with van der Waals surface area (Å²) in [5.74, 6) is 0.604. The molecule has 1 rings (SSSR count). The van der Waals surface area contributed by atoms with Crippen LogP contribution in [0.4, 0.5) is 0 Å². The molecule has 0 atom stereocenters. The van der Waals surface area contributed by atoms with Crippen LogP contribution in [0.2, 0.25) is 0 Å². The van der Waals surface area contributed by atoms with Crippen molar-refractivity contribution in [2.24, 2.45) is 10.9 Å². The Kier molecular flexibility index (Phi) is 7.86. The third kappa shape index (κ3) is 4.92. The number of thioether (sulfide) groups is 1. The van der Waals surface area contributed by atoms with Crippen LogP contribution in [-0.4, -0.2) is 50.8 Å². The van der Waals surface area contributed by atoms with Crippen LogP contribution < -0.4 is 10.5 Å². The van der Waals surface area contributed by atoms with Crippen molar-refractivity contribution in [3.8, 4) is 5.75 Å². The topological polar surface area (TPSA) is 86.3 Å². The first kappa shape index (κ1) is 16.6. The van der Waals surface area contributed by atoms with Crippen molar-refractivity contribution in [2.45, 2.75) is 4.90 Å². The number of nitrogens with two attached hydrogens (primary N) is 1. The van der Waals surface area contributed by atoms with Crippen molar-refractivity contribution in [2.75, 3.05) is 39.8 Å². The largest absolute Gasteiger partial charge is 0.490 e. The average Bonchev–Trinajstić information content (AvgIpc) is 2.49. The second-order valence-electron chi connectivity index (χ2n) is 3.77. The van der Waals surface area contributed by atoms with E-state index in [1.54, 1.807) is 13.2 Å². The SMILES string of the molecule is COCCOCCOc1cccc(SC)c1/C(N)=N/O. The van der Waals surface area contributed by atoms with Gasteiger partial charge in [0.2, 0.25) is 0 Å². The molecule has 0 amide bonds. The van der Waals surface area contributed by atoms with E-state index in [-0.39, 0.29) is 5.84 Å². The zero-order valence-electron chi connectivity index (χ0n) is 11.7. The molecule has 0 aliphatic carbocycles. The van der Waals surface area contributed by atoms with Crippen LogP contribution in [0.15, 0.2) is 28.3 Å². The van der Waals surface area contributed by atoms with Crippen LogP contribution in [0, 0.1) is 0 Å². The second-order valence-corrected chi connectivity index (χ2v) is 4.62. The average molecular weight is 300 g/mol. The summed E-state index contributed by atoms with van der Waals surface area (Å²) >= 11 is 1.50. The standard InChI is InChI=1S/C13H20N2O4S/c1-17-6-7-18-8-9-19-10-4-3-5-11(20-2)12(10)13(14)15-16/h3-5,16H,6-9H2,1-2H3,(H2,14,15). The van der Waals surface area contributed by atoms with Crippen LogP contribution in [0.25, 0.3) is 0 Å². The molecule has 0 heterocycles. The van der Waals surface area contributed by atoms with Gasteiger partial charge in [-0.2, -0.15) is 0 Å². The third-order valence-corrected chi connectivity index (χ3v) is 3.27. The van der Waals surface area contributed by atoms with Crippen molar-refractivity contribution in [1.29, 1.82) is 0 Å². The van der Waals surface area contributed by atoms with E-state index in [4.69, 9.17) is 25.2 Å². The lowest BCUT2D eigenvalue weighted by molar-refractivity contribution is 0.0543. The molecule has 0 fully saturated rings. The van der Waals surface area contributed by atoms with Crippen LogP contribution in [0.3, 0.4) is 0 Å². The molecular formula is C13H20N2O4S. The van der Waals surface area contributed by atoms with Crippen molar-refractivity contribution < 1.29 is 19.4 Å². The number of rotatable bonds is 9. The van der Waals surface area contributed by atoms with E-state index >= 15 is 0 Å². The maximum atomic E-state index is 8.86. The van der Waals surface area contributed by atoms with Crippen LogP contribution in [0.1, 0.15) is 5.56 Å². The Labute approximate surface area is 122 Å². The molecule has 6 nitrogen and oxygen atoms in total. The van der Waals surface area contributed by atoms with Gasteiger partial charge in [0.1, 0.15) is 12.4 Å². The summed E-state index contributed by atoms with van der Waals surface area (Å²) in [6.45, 7) is 1.91. The monoisotopic (exact) mass is 300 g/mol. The number of hydrogen-bond donors (Lipinski definition) is 2. The van der Waals surface area contributed by atoms with Gasteiger partial charge in [0.25, 0.3) is 0 Å². The lowest BCUT2D eigenvalue weighted by Gasteiger charge is -2.13. The summed E-state index contributed by atoms with van der Waals surface area (Å²) in [6, 6.07) is 5.53. The smallest absolute Gasteiger partial charge is 0.174 e. The van der Waals surface area contributed by atoms with Crippen molar-refractivity contribution in [3.05, 3.63) is 23.8 Å². The molecule has 1 aromatic carbocycles. The van der Waals surface area contributed by atoms with Gasteiger partial charge < -0.3 is 25.2 Å². The minimum atomic E-state index is 0.0326. The van der Waals surface area contributed by atoms with Crippen LogP contribution in [0.5, 0.6) is 5.75 Å². The predicted molar refractivity (Wildman–Crippen MR) is 78.9 cm³/mol. The molecule has 0 aliphatic heterocycles. The van der Waals surface area contributed by atoms with Gasteiger partial charge in [0.05, 0.1) is 25.4 Å². The molecule has 0 unspecified atom stereocenters. The molecule has 112 valence electrons. The molecule has 0 aliphatic rings. The highest BCUT2D eigenvalue weighted by Gasteiger charge is 2.13. The van der Waals surface area contributed by atoms with Gasteiger partial charge in [-0.25, -0.2) is 0 Å². The fraction of sp³-hybridized carbons (Fsp3) is 0.462. The molecule has 20 heavy (non-hydrogen) atoms. The Morgan fingerprint density at radius 1 is 1.30 bits per heavy atom. The first-order chi connectivity index (χ1) is 9.74. The van der Waals surface area contributed by atoms with Crippen molar-refractivity contribution in [3.63, 3.8) is 0 Å². The van der Waals surface area contributed by atoms with E-state index in [9.17, 15) is 0 Å². The van der Waals surface area contributed by atoms with E-state index in [1.807, 2.05) is 18.4 Å². The first-order valence-corrected chi connectivity index (χ1v) is 7.31. The molecule has 1 aromatic rings. The summed E-state index contributed by atoms with van der Waals surface area (Å²) < 4.78 is 15.8. The second kappa shape index (κ2) is 9.46. The van der Waals surface area contributed by atoms with E-state index in [0.717, 1.165) is 4.90 Å². The van der Waals surface area contributed by atoms with Crippen molar-refractivity contribution in [1.82, 2.24) is 0 Å². The van der Waals surface area contributed by atoms with E-state index in [0.29, 0.717) is 37.7 Å². The Morgan fingerprint density at radius 3 is 2.70 bits per heavy atom. The summed E-state index contributed by atoms with van der Waals surface area (Å²) in [5, 5.41) is 11.9. The normalized spacial score (nSPS) is 11.6. The molecule has 0 radical (unpaired) electrons. The maximum Gasteiger partial charge on any atom is 0.174 e. The molecule has 0 saturated heterocycles. The molecule has 0 saturated carbocycles. The Hall–Kier alpha value is -1.44. The predicted octanol–water partition coefficient (Wildman–Crippen LogP) is 1.54. The fourth-order valence-corrected chi connectivity index (χ4v) is 2.18. The Morgan fingerprint density at radius 2 is 2.05 bits per heavy atom. The minimum Gasteiger partial charge on any atom is -0.490 e. The lowest BCUT2D eigenvalue weighted by atomic mass is 10.2. The quantitative estimate of drug-likeness (QED) is 0.180. The number of hydrogen-bond acceptors (Lipinski definition) is 6. The molecule has 3 N–H and O–H groups in total. The summed E-state index contributed by atoms with van der Waals surface area (Å²) in [5.41, 5.74) is 6.30. The summed E-state index contributed by atoms with van der Waals surface area (Å²) in [6.07, 6.45) is 1.92. The number of methoxy groups -OCH3 is 1. The van der Waals surface area contributed by atoms with E-state index in [1.165, 1.54) is 11.8 Å². The van der Waals surface area contributed by atoms with Gasteiger partial charge in [-0.1, -0.05) is 11.2 Å².